The molecule has 1 aromatic rings. The van der Waals surface area contributed by atoms with Crippen molar-refractivity contribution >= 4 is 12.0 Å². The summed E-state index contributed by atoms with van der Waals surface area (Å²) in [5, 5.41) is 12.1. The first-order valence-electron chi connectivity index (χ1n) is 8.07. The normalized spacial score (nSPS) is 26.1. The number of hydrogen-bond donors (Lipinski definition) is 2. The van der Waals surface area contributed by atoms with Crippen molar-refractivity contribution in [3.8, 4) is 0 Å². The zero-order valence-corrected chi connectivity index (χ0v) is 13.4. The number of carbonyl (C=O) groups excluding carboxylic acids is 1. The second-order valence-corrected chi connectivity index (χ2v) is 6.89. The smallest absolute Gasteiger partial charge is 0.317 e. The maximum absolute atomic E-state index is 13.9. The molecule has 1 aliphatic carbocycles. The van der Waals surface area contributed by atoms with Gasteiger partial charge in [-0.1, -0.05) is 0 Å². The first-order valence-corrected chi connectivity index (χ1v) is 8.07. The van der Waals surface area contributed by atoms with Crippen molar-refractivity contribution in [1.82, 2.24) is 10.2 Å². The van der Waals surface area contributed by atoms with Crippen LogP contribution in [0.3, 0.4) is 0 Å². The van der Waals surface area contributed by atoms with Crippen LogP contribution in [0.1, 0.15) is 43.4 Å². The SMILES string of the molecule is CC1(C(=O)O)CCN(C(=O)N[C@@H]2CCCc3c(F)cc(F)cc32)C1. The Kier molecular flexibility index (Phi) is 4.19. The Morgan fingerprint density at radius 1 is 1.38 bits per heavy atom. The Balaban J connectivity index is 1.74. The van der Waals surface area contributed by atoms with Gasteiger partial charge in [-0.3, -0.25) is 4.79 Å². The summed E-state index contributed by atoms with van der Waals surface area (Å²) in [5.74, 6) is -2.17. The number of carboxylic acids is 1. The molecule has 0 spiro atoms. The minimum absolute atomic E-state index is 0.130. The molecule has 7 heteroatoms. The molecule has 24 heavy (non-hydrogen) atoms. The monoisotopic (exact) mass is 338 g/mol. The number of halogens is 2. The van der Waals surface area contributed by atoms with Gasteiger partial charge in [0.05, 0.1) is 11.5 Å². The highest BCUT2D eigenvalue weighted by atomic mass is 19.1. The standard InChI is InChI=1S/C17H20F2N2O3/c1-17(15(22)23)5-6-21(9-17)16(24)20-14-4-2-3-11-12(14)7-10(18)8-13(11)19/h7-8,14H,2-6,9H2,1H3,(H,20,24)(H,22,23)/t14-,17?/m1/s1. The summed E-state index contributed by atoms with van der Waals surface area (Å²) in [7, 11) is 0. The summed E-state index contributed by atoms with van der Waals surface area (Å²) in [4.78, 5) is 25.2. The fourth-order valence-electron chi connectivity index (χ4n) is 3.54. The van der Waals surface area contributed by atoms with Crippen LogP contribution in [-0.4, -0.2) is 35.1 Å². The Morgan fingerprint density at radius 3 is 2.79 bits per heavy atom. The molecular formula is C17H20F2N2O3. The van der Waals surface area contributed by atoms with Crippen molar-refractivity contribution in [2.75, 3.05) is 13.1 Å². The maximum Gasteiger partial charge on any atom is 0.317 e. The molecule has 130 valence electrons. The fourth-order valence-corrected chi connectivity index (χ4v) is 3.54. The summed E-state index contributed by atoms with van der Waals surface area (Å²) < 4.78 is 27.4. The van der Waals surface area contributed by atoms with Crippen LogP contribution in [0.25, 0.3) is 0 Å². The van der Waals surface area contributed by atoms with Crippen molar-refractivity contribution in [1.29, 1.82) is 0 Å². The third-order valence-electron chi connectivity index (χ3n) is 5.06. The third-order valence-corrected chi connectivity index (χ3v) is 5.06. The molecule has 1 saturated heterocycles. The first-order chi connectivity index (χ1) is 11.3. The van der Waals surface area contributed by atoms with Gasteiger partial charge in [0, 0.05) is 19.2 Å². The van der Waals surface area contributed by atoms with Crippen molar-refractivity contribution in [3.05, 3.63) is 34.9 Å². The van der Waals surface area contributed by atoms with E-state index in [1.165, 1.54) is 11.0 Å². The molecule has 2 amide bonds. The van der Waals surface area contributed by atoms with Crippen LogP contribution in [0.4, 0.5) is 13.6 Å². The number of carbonyl (C=O) groups is 2. The predicted octanol–water partition coefficient (Wildman–Crippen LogP) is 2.85. The van der Waals surface area contributed by atoms with E-state index < -0.39 is 29.1 Å². The highest BCUT2D eigenvalue weighted by Crippen LogP contribution is 2.34. The van der Waals surface area contributed by atoms with Gasteiger partial charge in [-0.25, -0.2) is 13.6 Å². The van der Waals surface area contributed by atoms with E-state index in [2.05, 4.69) is 5.32 Å². The highest BCUT2D eigenvalue weighted by molar-refractivity contribution is 5.79. The van der Waals surface area contributed by atoms with E-state index >= 15 is 0 Å². The van der Waals surface area contributed by atoms with Crippen LogP contribution >= 0.6 is 0 Å². The average molecular weight is 338 g/mol. The molecule has 0 aromatic heterocycles. The van der Waals surface area contributed by atoms with Gasteiger partial charge < -0.3 is 15.3 Å². The summed E-state index contributed by atoms with van der Waals surface area (Å²) in [6.07, 6.45) is 2.22. The molecule has 2 aliphatic rings. The number of urea groups is 1. The molecule has 1 aliphatic heterocycles. The molecule has 1 aromatic carbocycles. The van der Waals surface area contributed by atoms with Crippen LogP contribution in [0, 0.1) is 17.0 Å². The van der Waals surface area contributed by atoms with E-state index in [1.807, 2.05) is 0 Å². The van der Waals surface area contributed by atoms with Crippen molar-refractivity contribution in [2.45, 2.75) is 38.6 Å². The lowest BCUT2D eigenvalue weighted by Gasteiger charge is -2.29. The minimum atomic E-state index is -0.944. The van der Waals surface area contributed by atoms with Gasteiger partial charge >= 0.3 is 12.0 Å². The molecule has 0 radical (unpaired) electrons. The second kappa shape index (κ2) is 6.03. The van der Waals surface area contributed by atoms with Gasteiger partial charge in [-0.15, -0.1) is 0 Å². The van der Waals surface area contributed by atoms with E-state index in [1.54, 1.807) is 6.92 Å². The Bertz CT molecular complexity index is 695. The zero-order valence-electron chi connectivity index (χ0n) is 13.4. The molecule has 1 heterocycles. The molecule has 1 fully saturated rings. The molecule has 2 N–H and O–H groups in total. The molecule has 0 bridgehead atoms. The van der Waals surface area contributed by atoms with E-state index in [0.717, 1.165) is 6.07 Å². The lowest BCUT2D eigenvalue weighted by atomic mass is 9.87. The summed E-state index contributed by atoms with van der Waals surface area (Å²) in [6, 6.07) is 1.29. The van der Waals surface area contributed by atoms with Gasteiger partial charge in [-0.2, -0.15) is 0 Å². The van der Waals surface area contributed by atoms with E-state index in [4.69, 9.17) is 0 Å². The van der Waals surface area contributed by atoms with Crippen molar-refractivity contribution in [2.24, 2.45) is 5.41 Å². The Hall–Kier alpha value is -2.18. The van der Waals surface area contributed by atoms with Gasteiger partial charge in [0.15, 0.2) is 0 Å². The molecule has 3 rings (SSSR count). The van der Waals surface area contributed by atoms with Crippen molar-refractivity contribution < 1.29 is 23.5 Å². The van der Waals surface area contributed by atoms with E-state index in [0.29, 0.717) is 43.4 Å². The summed E-state index contributed by atoms with van der Waals surface area (Å²) >= 11 is 0. The quantitative estimate of drug-likeness (QED) is 0.871. The van der Waals surface area contributed by atoms with Crippen LogP contribution in [0.5, 0.6) is 0 Å². The number of fused-ring (bicyclic) bond motifs is 1. The molecule has 0 saturated carbocycles. The number of hydrogen-bond acceptors (Lipinski definition) is 2. The highest BCUT2D eigenvalue weighted by Gasteiger charge is 2.42. The fraction of sp³-hybridized carbons (Fsp3) is 0.529. The van der Waals surface area contributed by atoms with Gasteiger partial charge in [0.25, 0.3) is 0 Å². The lowest BCUT2D eigenvalue weighted by molar-refractivity contribution is -0.147. The van der Waals surface area contributed by atoms with Crippen molar-refractivity contribution in [3.63, 3.8) is 0 Å². The number of aliphatic carboxylic acids is 1. The molecular weight excluding hydrogens is 318 g/mol. The van der Waals surface area contributed by atoms with Crippen LogP contribution in [0.2, 0.25) is 0 Å². The van der Waals surface area contributed by atoms with Gasteiger partial charge in [-0.05, 0) is 49.8 Å². The summed E-state index contributed by atoms with van der Waals surface area (Å²) in [5.41, 5.74) is -0.0166. The summed E-state index contributed by atoms with van der Waals surface area (Å²) in [6.45, 7) is 2.10. The Labute approximate surface area is 138 Å². The number of benzene rings is 1. The number of rotatable bonds is 2. The minimum Gasteiger partial charge on any atom is -0.481 e. The second-order valence-electron chi connectivity index (χ2n) is 6.89. The maximum atomic E-state index is 13.9. The predicted molar refractivity (Wildman–Crippen MR) is 82.5 cm³/mol. The third kappa shape index (κ3) is 2.95. The number of nitrogens with zero attached hydrogens (tertiary/aromatic N) is 1. The molecule has 5 nitrogen and oxygen atoms in total. The number of likely N-dealkylation sites (tertiary alicyclic amines) is 1. The van der Waals surface area contributed by atoms with E-state index in [9.17, 15) is 23.5 Å². The lowest BCUT2D eigenvalue weighted by Crippen LogP contribution is -2.43. The van der Waals surface area contributed by atoms with Crippen LogP contribution in [0.15, 0.2) is 12.1 Å². The average Bonchev–Trinajstić information content (AvgIpc) is 2.92. The van der Waals surface area contributed by atoms with Gasteiger partial charge in [0.2, 0.25) is 0 Å². The first kappa shape index (κ1) is 16.7. The largest absolute Gasteiger partial charge is 0.481 e. The van der Waals surface area contributed by atoms with Crippen LogP contribution in [-0.2, 0) is 11.2 Å². The van der Waals surface area contributed by atoms with E-state index in [-0.39, 0.29) is 12.6 Å². The Morgan fingerprint density at radius 2 is 2.12 bits per heavy atom. The van der Waals surface area contributed by atoms with Crippen LogP contribution < -0.4 is 5.32 Å². The zero-order chi connectivity index (χ0) is 17.5. The van der Waals surface area contributed by atoms with Gasteiger partial charge in [0.1, 0.15) is 11.6 Å². The molecule has 2 atom stereocenters. The molecule has 1 unspecified atom stereocenters. The topological polar surface area (TPSA) is 69.6 Å². The number of carboxylic acid groups (broad SMARTS) is 1. The number of amides is 2. The number of nitrogens with one attached hydrogen (secondary N) is 1.